The van der Waals surface area contributed by atoms with Crippen molar-refractivity contribution >= 4 is 29.0 Å². The molecule has 1 heterocycles. The maximum absolute atomic E-state index is 11.5. The number of methoxy groups -OCH3 is 1. The van der Waals surface area contributed by atoms with E-state index in [2.05, 4.69) is 5.10 Å². The lowest BCUT2D eigenvalue weighted by atomic mass is 9.91. The van der Waals surface area contributed by atoms with Gasteiger partial charge in [0.2, 0.25) is 0 Å². The molecule has 0 aliphatic carbocycles. The smallest absolute Gasteiger partial charge is 0.352 e. The lowest BCUT2D eigenvalue weighted by Crippen LogP contribution is -2.26. The van der Waals surface area contributed by atoms with Crippen molar-refractivity contribution in [3.63, 3.8) is 0 Å². The third-order valence-corrected chi connectivity index (χ3v) is 4.48. The number of carbonyl (C=O) groups is 1. The summed E-state index contributed by atoms with van der Waals surface area (Å²) in [6, 6.07) is 14.6. The van der Waals surface area contributed by atoms with Gasteiger partial charge in [-0.25, -0.2) is 4.79 Å². The third-order valence-electron chi connectivity index (χ3n) is 4.16. The Balaban J connectivity index is 2.07. The van der Waals surface area contributed by atoms with Crippen LogP contribution in [0.5, 0.6) is 5.75 Å². The van der Waals surface area contributed by atoms with E-state index in [9.17, 15) is 9.90 Å². The zero-order chi connectivity index (χ0) is 17.3. The van der Waals surface area contributed by atoms with Crippen molar-refractivity contribution in [3.05, 3.63) is 59.1 Å². The van der Waals surface area contributed by atoms with Gasteiger partial charge in [0.1, 0.15) is 5.75 Å². The number of hydrogen-bond acceptors (Lipinski definition) is 4. The lowest BCUT2D eigenvalue weighted by Gasteiger charge is -2.27. The fourth-order valence-electron chi connectivity index (χ4n) is 2.94. The van der Waals surface area contributed by atoms with Gasteiger partial charge in [-0.2, -0.15) is 5.10 Å². The standard InChI is InChI=1S/C18H17ClN2O3/c1-11-16(18(22)23)20-21(15-6-4-3-5-14(15)19)17(11)12-7-9-13(24-2)10-8-12/h3-11,17H,1-2H3,(H,22,23)/t11-,17+/m1/s1. The Morgan fingerprint density at radius 1 is 1.21 bits per heavy atom. The summed E-state index contributed by atoms with van der Waals surface area (Å²) in [4.78, 5) is 11.5. The zero-order valence-corrected chi connectivity index (χ0v) is 14.1. The number of ether oxygens (including phenoxy) is 1. The minimum absolute atomic E-state index is 0.121. The molecule has 0 aromatic heterocycles. The fraction of sp³-hybridized carbons (Fsp3) is 0.222. The first-order chi connectivity index (χ1) is 11.5. The Kier molecular flexibility index (Phi) is 4.44. The van der Waals surface area contributed by atoms with Crippen molar-refractivity contribution in [2.24, 2.45) is 11.0 Å². The quantitative estimate of drug-likeness (QED) is 0.911. The van der Waals surface area contributed by atoms with Crippen LogP contribution >= 0.6 is 11.6 Å². The Labute approximate surface area is 145 Å². The molecule has 5 nitrogen and oxygen atoms in total. The molecule has 0 saturated heterocycles. The van der Waals surface area contributed by atoms with Crippen molar-refractivity contribution in [3.8, 4) is 5.75 Å². The molecule has 0 bridgehead atoms. The second kappa shape index (κ2) is 6.53. The van der Waals surface area contributed by atoms with Gasteiger partial charge < -0.3 is 9.84 Å². The molecule has 0 fully saturated rings. The van der Waals surface area contributed by atoms with Crippen LogP contribution in [0, 0.1) is 5.92 Å². The first kappa shape index (κ1) is 16.3. The number of carboxylic acid groups (broad SMARTS) is 1. The maximum atomic E-state index is 11.5. The maximum Gasteiger partial charge on any atom is 0.352 e. The Morgan fingerprint density at radius 3 is 2.46 bits per heavy atom. The van der Waals surface area contributed by atoms with Crippen LogP contribution in [-0.4, -0.2) is 23.9 Å². The largest absolute Gasteiger partial charge is 0.497 e. The van der Waals surface area contributed by atoms with Gasteiger partial charge in [-0.3, -0.25) is 5.01 Å². The average Bonchev–Trinajstić information content (AvgIpc) is 2.93. The molecule has 1 aliphatic heterocycles. The minimum atomic E-state index is -1.02. The number of carboxylic acids is 1. The number of para-hydroxylation sites is 1. The molecule has 1 aliphatic rings. The van der Waals surface area contributed by atoms with Crippen molar-refractivity contribution in [1.29, 1.82) is 0 Å². The normalized spacial score (nSPS) is 20.0. The predicted molar refractivity (Wildman–Crippen MR) is 93.9 cm³/mol. The van der Waals surface area contributed by atoms with Crippen LogP contribution in [0.25, 0.3) is 0 Å². The van der Waals surface area contributed by atoms with Crippen LogP contribution in [-0.2, 0) is 4.79 Å². The SMILES string of the molecule is COc1ccc([C@@H]2[C@H](C)C(C(=O)O)=NN2c2ccccc2Cl)cc1. The van der Waals surface area contributed by atoms with Crippen molar-refractivity contribution in [2.45, 2.75) is 13.0 Å². The van der Waals surface area contributed by atoms with Crippen LogP contribution in [0.1, 0.15) is 18.5 Å². The van der Waals surface area contributed by atoms with Gasteiger partial charge >= 0.3 is 5.97 Å². The first-order valence-corrected chi connectivity index (χ1v) is 7.90. The topological polar surface area (TPSA) is 62.1 Å². The molecule has 2 aromatic rings. The van der Waals surface area contributed by atoms with Crippen molar-refractivity contribution < 1.29 is 14.6 Å². The summed E-state index contributed by atoms with van der Waals surface area (Å²) in [5.41, 5.74) is 1.75. The number of aliphatic carboxylic acids is 1. The molecule has 0 radical (unpaired) electrons. The van der Waals surface area contributed by atoms with Crippen molar-refractivity contribution in [2.75, 3.05) is 12.1 Å². The van der Waals surface area contributed by atoms with E-state index in [1.165, 1.54) is 0 Å². The predicted octanol–water partition coefficient (Wildman–Crippen LogP) is 3.99. The van der Waals surface area contributed by atoms with Gasteiger partial charge in [-0.05, 0) is 29.8 Å². The number of anilines is 1. The van der Waals surface area contributed by atoms with Gasteiger partial charge in [0.25, 0.3) is 0 Å². The Morgan fingerprint density at radius 2 is 1.88 bits per heavy atom. The number of halogens is 1. The molecular weight excluding hydrogens is 328 g/mol. The number of hydrogen-bond donors (Lipinski definition) is 1. The van der Waals surface area contributed by atoms with Crippen LogP contribution in [0.15, 0.2) is 53.6 Å². The highest BCUT2D eigenvalue weighted by atomic mass is 35.5. The molecule has 3 rings (SSSR count). The molecule has 0 spiro atoms. The van der Waals surface area contributed by atoms with E-state index >= 15 is 0 Å². The molecule has 2 atom stereocenters. The molecule has 2 aromatic carbocycles. The first-order valence-electron chi connectivity index (χ1n) is 7.52. The number of rotatable bonds is 4. The second-order valence-corrected chi connectivity index (χ2v) is 6.00. The summed E-state index contributed by atoms with van der Waals surface area (Å²) < 4.78 is 5.19. The molecule has 0 saturated carbocycles. The molecule has 0 unspecified atom stereocenters. The van der Waals surface area contributed by atoms with Gasteiger partial charge in [0, 0.05) is 5.92 Å². The summed E-state index contributed by atoms with van der Waals surface area (Å²) in [7, 11) is 1.61. The Hall–Kier alpha value is -2.53. The summed E-state index contributed by atoms with van der Waals surface area (Å²) >= 11 is 6.30. The molecular formula is C18H17ClN2O3. The van der Waals surface area contributed by atoms with Crippen LogP contribution in [0.4, 0.5) is 5.69 Å². The highest BCUT2D eigenvalue weighted by Gasteiger charge is 2.39. The van der Waals surface area contributed by atoms with Crippen LogP contribution in [0.2, 0.25) is 5.02 Å². The summed E-state index contributed by atoms with van der Waals surface area (Å²) in [6.45, 7) is 1.86. The summed E-state index contributed by atoms with van der Waals surface area (Å²) in [6.07, 6.45) is 0. The van der Waals surface area contributed by atoms with Crippen LogP contribution < -0.4 is 9.75 Å². The summed E-state index contributed by atoms with van der Waals surface area (Å²) in [5.74, 6) is -0.559. The van der Waals surface area contributed by atoms with E-state index in [0.717, 1.165) is 11.3 Å². The van der Waals surface area contributed by atoms with E-state index in [0.29, 0.717) is 10.7 Å². The second-order valence-electron chi connectivity index (χ2n) is 5.59. The van der Waals surface area contributed by atoms with Gasteiger partial charge in [0.05, 0.1) is 23.9 Å². The fourth-order valence-corrected chi connectivity index (χ4v) is 3.16. The number of benzene rings is 2. The molecule has 24 heavy (non-hydrogen) atoms. The molecule has 0 amide bonds. The molecule has 6 heteroatoms. The Bertz CT molecular complexity index is 789. The number of nitrogens with zero attached hydrogens (tertiary/aromatic N) is 2. The van der Waals surface area contributed by atoms with Gasteiger partial charge in [-0.1, -0.05) is 42.8 Å². The van der Waals surface area contributed by atoms with E-state index in [4.69, 9.17) is 16.3 Å². The third kappa shape index (κ3) is 2.83. The highest BCUT2D eigenvalue weighted by molar-refractivity contribution is 6.38. The molecule has 124 valence electrons. The summed E-state index contributed by atoms with van der Waals surface area (Å²) in [5, 5.41) is 16.0. The van der Waals surface area contributed by atoms with Gasteiger partial charge in [-0.15, -0.1) is 0 Å². The van der Waals surface area contributed by atoms with E-state index in [1.807, 2.05) is 49.4 Å². The molecule has 1 N–H and O–H groups in total. The van der Waals surface area contributed by atoms with E-state index in [1.54, 1.807) is 18.2 Å². The minimum Gasteiger partial charge on any atom is -0.497 e. The van der Waals surface area contributed by atoms with Crippen molar-refractivity contribution in [1.82, 2.24) is 0 Å². The van der Waals surface area contributed by atoms with Crippen LogP contribution in [0.3, 0.4) is 0 Å². The lowest BCUT2D eigenvalue weighted by molar-refractivity contribution is -0.129. The zero-order valence-electron chi connectivity index (χ0n) is 13.3. The average molecular weight is 345 g/mol. The van der Waals surface area contributed by atoms with E-state index < -0.39 is 5.97 Å². The number of hydrazone groups is 1. The highest BCUT2D eigenvalue weighted by Crippen LogP contribution is 2.41. The van der Waals surface area contributed by atoms with E-state index in [-0.39, 0.29) is 17.7 Å². The monoisotopic (exact) mass is 344 g/mol. The van der Waals surface area contributed by atoms with Gasteiger partial charge in [0.15, 0.2) is 5.71 Å².